The minimum absolute atomic E-state index is 0.101. The van der Waals surface area contributed by atoms with Gasteiger partial charge in [-0.3, -0.25) is 0 Å². The molecule has 1 aliphatic rings. The van der Waals surface area contributed by atoms with Gasteiger partial charge >= 0.3 is 19.3 Å². The second-order valence-corrected chi connectivity index (χ2v) is 13.4. The predicted molar refractivity (Wildman–Crippen MR) is 156 cm³/mol. The number of ether oxygens (including phenoxy) is 2. The molecular weight excluding hydrogens is 507 g/mol. The lowest BCUT2D eigenvalue weighted by Crippen LogP contribution is -2.44. The topological polar surface area (TPSA) is 93.1 Å². The van der Waals surface area contributed by atoms with Gasteiger partial charge in [0.05, 0.1) is 12.7 Å². The lowest BCUT2D eigenvalue weighted by Gasteiger charge is -2.30. The van der Waals surface area contributed by atoms with Crippen LogP contribution in [-0.2, 0) is 18.8 Å². The molecule has 0 aromatic heterocycles. The Morgan fingerprint density at radius 3 is 2.24 bits per heavy atom. The van der Waals surface area contributed by atoms with Crippen molar-refractivity contribution in [2.45, 2.75) is 141 Å². The molecule has 4 atom stereocenters. The summed E-state index contributed by atoms with van der Waals surface area (Å²) in [5.41, 5.74) is 0. The molecule has 0 aromatic rings. The van der Waals surface area contributed by atoms with Crippen LogP contribution in [-0.4, -0.2) is 52.1 Å². The quantitative estimate of drug-likeness (QED) is 0.0897. The molecule has 6 nitrogen and oxygen atoms in total. The van der Waals surface area contributed by atoms with Gasteiger partial charge in [-0.1, -0.05) is 97.3 Å². The van der Waals surface area contributed by atoms with E-state index >= 15 is 0 Å². The van der Waals surface area contributed by atoms with E-state index in [4.69, 9.17) is 9.47 Å². The van der Waals surface area contributed by atoms with Gasteiger partial charge in [-0.15, -0.1) is 0 Å². The van der Waals surface area contributed by atoms with Crippen molar-refractivity contribution >= 4 is 25.8 Å². The number of carbonyl (C=O) groups is 1. The first-order chi connectivity index (χ1) is 17.9. The Morgan fingerprint density at radius 1 is 0.946 bits per heavy atom. The van der Waals surface area contributed by atoms with Crippen molar-refractivity contribution in [3.05, 3.63) is 0 Å². The monoisotopic (exact) mass is 563 g/mol. The summed E-state index contributed by atoms with van der Waals surface area (Å²) in [7, 11) is -3.07. The zero-order valence-electron chi connectivity index (χ0n) is 24.0. The van der Waals surface area contributed by atoms with E-state index < -0.39 is 25.9 Å². The van der Waals surface area contributed by atoms with Crippen LogP contribution in [0.2, 0.25) is 0 Å². The molecule has 0 saturated heterocycles. The second kappa shape index (κ2) is 21.6. The highest BCUT2D eigenvalue weighted by molar-refractivity contribution is 7.99. The van der Waals surface area contributed by atoms with Crippen LogP contribution < -0.4 is 0 Å². The van der Waals surface area contributed by atoms with E-state index in [2.05, 4.69) is 18.7 Å². The number of thioether (sulfide) groups is 1. The van der Waals surface area contributed by atoms with Crippen LogP contribution in [0.25, 0.3) is 0 Å². The Bertz CT molecular complexity index is 585. The van der Waals surface area contributed by atoms with Gasteiger partial charge in [-0.25, -0.2) is 4.79 Å². The summed E-state index contributed by atoms with van der Waals surface area (Å²) in [6, 6.07) is 0. The number of carboxylic acids is 1. The molecule has 8 heteroatoms. The van der Waals surface area contributed by atoms with Crippen molar-refractivity contribution in [1.29, 1.82) is 0 Å². The van der Waals surface area contributed by atoms with Crippen LogP contribution in [0.1, 0.15) is 130 Å². The lowest BCUT2D eigenvalue weighted by molar-refractivity contribution is -0.163. The average molecular weight is 564 g/mol. The van der Waals surface area contributed by atoms with Crippen molar-refractivity contribution in [3.63, 3.8) is 0 Å². The van der Waals surface area contributed by atoms with Crippen molar-refractivity contribution in [2.24, 2.45) is 11.8 Å². The van der Waals surface area contributed by atoms with Crippen LogP contribution in [0.3, 0.4) is 0 Å². The van der Waals surface area contributed by atoms with Gasteiger partial charge in [0, 0.05) is 0 Å². The maximum absolute atomic E-state index is 11.7. The Morgan fingerprint density at radius 2 is 1.62 bits per heavy atom. The molecule has 0 radical (unpaired) electrons. The highest BCUT2D eigenvalue weighted by Crippen LogP contribution is 2.38. The van der Waals surface area contributed by atoms with Crippen LogP contribution in [0.5, 0.6) is 0 Å². The summed E-state index contributed by atoms with van der Waals surface area (Å²) in [5, 5.41) is 7.28. The SMILES string of the molecule is CCCCC(CCSCCCCCCCCC(C)OCC(OCCC)(C(=O)O)[P+](=O)O)C1CCCCC1. The second-order valence-electron chi connectivity index (χ2n) is 10.9. The average Bonchev–Trinajstić information content (AvgIpc) is 2.89. The fraction of sp³-hybridized carbons (Fsp3) is 0.966. The van der Waals surface area contributed by atoms with Crippen molar-refractivity contribution in [1.82, 2.24) is 0 Å². The summed E-state index contributed by atoms with van der Waals surface area (Å²) in [6.07, 6.45) is 21.3. The maximum Gasteiger partial charge on any atom is 0.556 e. The molecule has 1 rings (SSSR count). The number of hydrogen-bond donors (Lipinski definition) is 2. The molecule has 0 aliphatic heterocycles. The van der Waals surface area contributed by atoms with E-state index in [0.717, 1.165) is 31.1 Å². The van der Waals surface area contributed by atoms with Crippen molar-refractivity contribution < 1.29 is 28.8 Å². The van der Waals surface area contributed by atoms with Crippen LogP contribution in [0, 0.1) is 11.8 Å². The van der Waals surface area contributed by atoms with E-state index in [1.165, 1.54) is 95.0 Å². The van der Waals surface area contributed by atoms with Gasteiger partial charge in [0.2, 0.25) is 0 Å². The molecule has 1 aliphatic carbocycles. The summed E-state index contributed by atoms with van der Waals surface area (Å²) >= 11 is 2.16. The minimum atomic E-state index is -3.07. The fourth-order valence-electron chi connectivity index (χ4n) is 5.33. The number of unbranched alkanes of at least 4 members (excludes halogenated alkanes) is 6. The zero-order chi connectivity index (χ0) is 27.4. The Balaban J connectivity index is 2.09. The van der Waals surface area contributed by atoms with E-state index in [1.807, 2.05) is 13.8 Å². The Kier molecular flexibility index (Phi) is 20.3. The molecular formula is C29H56O6PS+. The molecule has 1 fully saturated rings. The van der Waals surface area contributed by atoms with Gasteiger partial charge in [-0.2, -0.15) is 16.7 Å². The van der Waals surface area contributed by atoms with Gasteiger partial charge in [0.1, 0.15) is 6.61 Å². The smallest absolute Gasteiger partial charge is 0.476 e. The first-order valence-corrected chi connectivity index (χ1v) is 17.5. The standard InChI is InChI=1S/C29H55O6PS/c1-4-6-17-27(26-18-13-11-14-19-26)20-23-37-22-15-10-8-7-9-12-16-25(3)34-24-29(28(30)31,36(32)33)35-21-5-2/h25-27H,4-24H2,1-3H3,(H-,30,31,32,33)/p+1. The highest BCUT2D eigenvalue weighted by atomic mass is 32.2. The van der Waals surface area contributed by atoms with Gasteiger partial charge < -0.3 is 14.6 Å². The lowest BCUT2D eigenvalue weighted by atomic mass is 9.77. The Labute approximate surface area is 232 Å². The molecule has 1 saturated carbocycles. The van der Waals surface area contributed by atoms with E-state index in [0.29, 0.717) is 6.42 Å². The van der Waals surface area contributed by atoms with Gasteiger partial charge in [0.15, 0.2) is 0 Å². The molecule has 0 bridgehead atoms. The molecule has 2 N–H and O–H groups in total. The van der Waals surface area contributed by atoms with Crippen molar-refractivity contribution in [3.8, 4) is 0 Å². The first-order valence-electron chi connectivity index (χ1n) is 15.1. The predicted octanol–water partition coefficient (Wildman–Crippen LogP) is 8.57. The Hall–Kier alpha value is -0.200. The fourth-order valence-corrected chi connectivity index (χ4v) is 6.97. The van der Waals surface area contributed by atoms with E-state index in [-0.39, 0.29) is 12.7 Å². The third-order valence-electron chi connectivity index (χ3n) is 7.78. The van der Waals surface area contributed by atoms with Crippen LogP contribution in [0.4, 0.5) is 0 Å². The summed E-state index contributed by atoms with van der Waals surface area (Å²) in [4.78, 5) is 21.2. The third kappa shape index (κ3) is 14.7. The molecule has 37 heavy (non-hydrogen) atoms. The molecule has 0 spiro atoms. The largest absolute Gasteiger partial charge is 0.556 e. The van der Waals surface area contributed by atoms with Crippen LogP contribution in [0.15, 0.2) is 0 Å². The van der Waals surface area contributed by atoms with Gasteiger partial charge in [0.25, 0.3) is 0 Å². The number of carboxylic acid groups (broad SMARTS) is 1. The van der Waals surface area contributed by atoms with E-state index in [1.54, 1.807) is 0 Å². The minimum Gasteiger partial charge on any atom is -0.476 e. The van der Waals surface area contributed by atoms with E-state index in [9.17, 15) is 19.4 Å². The zero-order valence-corrected chi connectivity index (χ0v) is 25.7. The van der Waals surface area contributed by atoms with Crippen LogP contribution >= 0.6 is 19.8 Å². The molecule has 0 aromatic carbocycles. The first kappa shape index (κ1) is 34.8. The summed E-state index contributed by atoms with van der Waals surface area (Å²) < 4.78 is 22.6. The maximum atomic E-state index is 11.7. The molecule has 0 amide bonds. The normalized spacial score (nSPS) is 18.3. The molecule has 0 heterocycles. The number of rotatable bonds is 24. The van der Waals surface area contributed by atoms with Gasteiger partial charge in [-0.05, 0) is 60.5 Å². The number of hydrogen-bond acceptors (Lipinski definition) is 5. The van der Waals surface area contributed by atoms with Crippen molar-refractivity contribution in [2.75, 3.05) is 24.7 Å². The summed E-state index contributed by atoms with van der Waals surface area (Å²) in [5.74, 6) is 3.14. The molecule has 4 unspecified atom stereocenters. The highest BCUT2D eigenvalue weighted by Gasteiger charge is 2.59. The summed E-state index contributed by atoms with van der Waals surface area (Å²) in [6.45, 7) is 5.72. The number of aliphatic carboxylic acids is 1. The third-order valence-corrected chi connectivity index (χ3v) is 9.95. The molecule has 218 valence electrons.